The van der Waals surface area contributed by atoms with Gasteiger partial charge in [0, 0.05) is 33.1 Å². The predicted molar refractivity (Wildman–Crippen MR) is 88.8 cm³/mol. The summed E-state index contributed by atoms with van der Waals surface area (Å²) in [6.45, 7) is 1.43. The third-order valence-electron chi connectivity index (χ3n) is 4.44. The number of aliphatic carboxylic acids is 1. The molecular weight excluding hydrogens is 335 g/mol. The van der Waals surface area contributed by atoms with Crippen molar-refractivity contribution in [2.24, 2.45) is 5.92 Å². The van der Waals surface area contributed by atoms with Crippen LogP contribution >= 0.6 is 0 Å². The van der Waals surface area contributed by atoms with Crippen molar-refractivity contribution < 1.29 is 22.7 Å². The largest absolute Gasteiger partial charge is 0.481 e. The van der Waals surface area contributed by atoms with Gasteiger partial charge >= 0.3 is 5.97 Å². The van der Waals surface area contributed by atoms with Crippen LogP contribution in [0.3, 0.4) is 0 Å². The van der Waals surface area contributed by atoms with Crippen molar-refractivity contribution in [3.05, 3.63) is 35.6 Å². The average Bonchev–Trinajstić information content (AvgIpc) is 2.92. The van der Waals surface area contributed by atoms with E-state index in [4.69, 9.17) is 0 Å². The van der Waals surface area contributed by atoms with Gasteiger partial charge in [0.05, 0.1) is 11.7 Å². The Labute approximate surface area is 141 Å². The van der Waals surface area contributed by atoms with Gasteiger partial charge in [-0.1, -0.05) is 12.1 Å². The molecule has 134 valence electrons. The zero-order chi connectivity index (χ0) is 17.9. The van der Waals surface area contributed by atoms with Crippen molar-refractivity contribution in [3.8, 4) is 0 Å². The van der Waals surface area contributed by atoms with Crippen LogP contribution in [0.1, 0.15) is 17.9 Å². The topological polar surface area (TPSA) is 77.9 Å². The summed E-state index contributed by atoms with van der Waals surface area (Å²) in [5.74, 6) is -1.98. The minimum absolute atomic E-state index is 0.0372. The van der Waals surface area contributed by atoms with Gasteiger partial charge in [0.15, 0.2) is 0 Å². The Balaban J connectivity index is 2.00. The Bertz CT molecular complexity index is 676. The highest BCUT2D eigenvalue weighted by Gasteiger charge is 2.38. The predicted octanol–water partition coefficient (Wildman–Crippen LogP) is 1.21. The molecule has 0 radical (unpaired) electrons. The summed E-state index contributed by atoms with van der Waals surface area (Å²) >= 11 is 0. The lowest BCUT2D eigenvalue weighted by Crippen LogP contribution is -2.29. The van der Waals surface area contributed by atoms with Crippen LogP contribution in [0.4, 0.5) is 4.39 Å². The second-order valence-corrected chi connectivity index (χ2v) is 8.62. The number of hydrogen-bond acceptors (Lipinski definition) is 4. The first-order chi connectivity index (χ1) is 11.2. The fourth-order valence-electron chi connectivity index (χ4n) is 3.02. The van der Waals surface area contributed by atoms with Crippen molar-refractivity contribution in [1.29, 1.82) is 0 Å². The molecule has 8 heteroatoms. The van der Waals surface area contributed by atoms with Crippen LogP contribution in [0.15, 0.2) is 24.3 Å². The molecule has 2 atom stereocenters. The maximum Gasteiger partial charge on any atom is 0.308 e. The average molecular weight is 358 g/mol. The van der Waals surface area contributed by atoms with Crippen LogP contribution in [0.5, 0.6) is 0 Å². The normalized spacial score (nSPS) is 22.2. The summed E-state index contributed by atoms with van der Waals surface area (Å²) in [6.07, 6.45) is 0.447. The van der Waals surface area contributed by atoms with Crippen LogP contribution in [0, 0.1) is 11.7 Å². The van der Waals surface area contributed by atoms with Crippen LogP contribution in [-0.4, -0.2) is 68.2 Å². The standard InChI is InChI=1S/C16H23FN2O4S/c1-18(2)24(22,23)9-3-8-19-10-14(15(11-19)16(20)21)12-4-6-13(17)7-5-12/h4-7,14-15H,3,8-11H2,1-2H3,(H,20,21)/t14-,15+/m1/s1. The quantitative estimate of drug-likeness (QED) is 0.793. The van der Waals surface area contributed by atoms with E-state index < -0.39 is 21.9 Å². The maximum absolute atomic E-state index is 13.1. The fraction of sp³-hybridized carbons (Fsp3) is 0.562. The lowest BCUT2D eigenvalue weighted by molar-refractivity contribution is -0.141. The van der Waals surface area contributed by atoms with Crippen LogP contribution in [-0.2, 0) is 14.8 Å². The number of rotatable bonds is 7. The third kappa shape index (κ3) is 4.52. The van der Waals surface area contributed by atoms with E-state index in [2.05, 4.69) is 0 Å². The smallest absolute Gasteiger partial charge is 0.308 e. The molecule has 2 rings (SSSR count). The van der Waals surface area contributed by atoms with E-state index in [-0.39, 0.29) is 17.5 Å². The lowest BCUT2D eigenvalue weighted by Gasteiger charge is -2.17. The van der Waals surface area contributed by atoms with E-state index in [1.807, 2.05) is 4.90 Å². The Kier molecular flexibility index (Phi) is 5.95. The molecule has 1 fully saturated rings. The van der Waals surface area contributed by atoms with Gasteiger partial charge in [-0.25, -0.2) is 17.1 Å². The van der Waals surface area contributed by atoms with E-state index in [9.17, 15) is 22.7 Å². The van der Waals surface area contributed by atoms with Gasteiger partial charge in [-0.05, 0) is 30.7 Å². The van der Waals surface area contributed by atoms with Crippen molar-refractivity contribution in [2.45, 2.75) is 12.3 Å². The zero-order valence-corrected chi connectivity index (χ0v) is 14.7. The van der Waals surface area contributed by atoms with Gasteiger partial charge < -0.3 is 10.0 Å². The zero-order valence-electron chi connectivity index (χ0n) is 13.9. The highest BCUT2D eigenvalue weighted by molar-refractivity contribution is 7.89. The number of benzene rings is 1. The molecule has 24 heavy (non-hydrogen) atoms. The Hall–Kier alpha value is -1.51. The third-order valence-corrected chi connectivity index (χ3v) is 6.36. The molecule has 0 saturated carbocycles. The maximum atomic E-state index is 13.1. The molecule has 1 N–H and O–H groups in total. The molecule has 1 aromatic carbocycles. The molecule has 0 unspecified atom stereocenters. The first-order valence-electron chi connectivity index (χ1n) is 7.81. The van der Waals surface area contributed by atoms with Crippen molar-refractivity contribution in [2.75, 3.05) is 39.5 Å². The second kappa shape index (κ2) is 7.58. The molecule has 1 heterocycles. The van der Waals surface area contributed by atoms with Gasteiger partial charge in [-0.3, -0.25) is 4.79 Å². The van der Waals surface area contributed by atoms with Crippen molar-refractivity contribution in [1.82, 2.24) is 9.21 Å². The number of hydrogen-bond donors (Lipinski definition) is 1. The van der Waals surface area contributed by atoms with Gasteiger partial charge in [0.1, 0.15) is 5.82 Å². The van der Waals surface area contributed by atoms with E-state index in [1.165, 1.54) is 30.5 Å². The minimum atomic E-state index is -3.24. The summed E-state index contributed by atoms with van der Waals surface area (Å²) in [5.41, 5.74) is 0.798. The molecule has 0 aliphatic carbocycles. The molecule has 1 aromatic rings. The molecule has 1 saturated heterocycles. The number of nitrogens with zero attached hydrogens (tertiary/aromatic N) is 2. The van der Waals surface area contributed by atoms with Crippen molar-refractivity contribution in [3.63, 3.8) is 0 Å². The summed E-state index contributed by atoms with van der Waals surface area (Å²) < 4.78 is 37.8. The first-order valence-corrected chi connectivity index (χ1v) is 9.42. The first kappa shape index (κ1) is 18.8. The Morgan fingerprint density at radius 3 is 2.46 bits per heavy atom. The summed E-state index contributed by atoms with van der Waals surface area (Å²) in [7, 11) is -0.249. The van der Waals surface area contributed by atoms with E-state index in [0.29, 0.717) is 26.1 Å². The summed E-state index contributed by atoms with van der Waals surface area (Å²) in [6, 6.07) is 5.91. The number of halogens is 1. The number of carboxylic acid groups (broad SMARTS) is 1. The van der Waals surface area contributed by atoms with E-state index in [0.717, 1.165) is 5.56 Å². The molecule has 0 aromatic heterocycles. The lowest BCUT2D eigenvalue weighted by atomic mass is 9.89. The van der Waals surface area contributed by atoms with Crippen LogP contribution < -0.4 is 0 Å². The molecule has 0 bridgehead atoms. The molecule has 0 amide bonds. The number of carbonyl (C=O) groups is 1. The van der Waals surface area contributed by atoms with E-state index in [1.54, 1.807) is 12.1 Å². The number of sulfonamides is 1. The molecule has 0 spiro atoms. The van der Waals surface area contributed by atoms with Crippen LogP contribution in [0.2, 0.25) is 0 Å². The van der Waals surface area contributed by atoms with E-state index >= 15 is 0 Å². The van der Waals surface area contributed by atoms with Crippen LogP contribution in [0.25, 0.3) is 0 Å². The van der Waals surface area contributed by atoms with Gasteiger partial charge in [-0.2, -0.15) is 0 Å². The molecule has 6 nitrogen and oxygen atoms in total. The minimum Gasteiger partial charge on any atom is -0.481 e. The van der Waals surface area contributed by atoms with Gasteiger partial charge in [0.25, 0.3) is 0 Å². The summed E-state index contributed by atoms with van der Waals surface area (Å²) in [5, 5.41) is 9.44. The highest BCUT2D eigenvalue weighted by Crippen LogP contribution is 2.33. The number of likely N-dealkylation sites (tertiary alicyclic amines) is 1. The molecule has 1 aliphatic rings. The highest BCUT2D eigenvalue weighted by atomic mass is 32.2. The Morgan fingerprint density at radius 2 is 1.92 bits per heavy atom. The monoisotopic (exact) mass is 358 g/mol. The number of carboxylic acids is 1. The molecule has 1 aliphatic heterocycles. The van der Waals surface area contributed by atoms with Gasteiger partial charge in [-0.15, -0.1) is 0 Å². The molecular formula is C16H23FN2O4S. The summed E-state index contributed by atoms with van der Waals surface area (Å²) in [4.78, 5) is 13.5. The SMILES string of the molecule is CN(C)S(=O)(=O)CCCN1C[C@H](C(=O)O)[C@@H](c2ccc(F)cc2)C1. The van der Waals surface area contributed by atoms with Gasteiger partial charge in [0.2, 0.25) is 10.0 Å². The fourth-order valence-corrected chi connectivity index (χ4v) is 3.88. The Morgan fingerprint density at radius 1 is 1.29 bits per heavy atom. The van der Waals surface area contributed by atoms with Crippen molar-refractivity contribution >= 4 is 16.0 Å². The second-order valence-electron chi connectivity index (χ2n) is 6.31.